The smallest absolute Gasteiger partial charge is 0.321 e. The first kappa shape index (κ1) is 13.8. The molecule has 1 aliphatic rings. The molecule has 1 aromatic rings. The van der Waals surface area contributed by atoms with E-state index in [9.17, 15) is 20.0 Å². The van der Waals surface area contributed by atoms with Crippen LogP contribution in [0.1, 0.15) is 6.42 Å². The molecule has 2 N–H and O–H groups in total. The zero-order chi connectivity index (χ0) is 14.0. The van der Waals surface area contributed by atoms with Gasteiger partial charge in [-0.1, -0.05) is 12.1 Å². The van der Waals surface area contributed by atoms with Gasteiger partial charge in [-0.05, 0) is 18.0 Å². The molecule has 1 aromatic carbocycles. The summed E-state index contributed by atoms with van der Waals surface area (Å²) in [4.78, 5) is 21.8. The van der Waals surface area contributed by atoms with E-state index in [-0.39, 0.29) is 18.7 Å². The van der Waals surface area contributed by atoms with Crippen molar-refractivity contribution in [3.8, 4) is 0 Å². The quantitative estimate of drug-likeness (QED) is 0.485. The lowest BCUT2D eigenvalue weighted by atomic mass is 10.2. The number of aliphatic hydroxyl groups is 1. The van der Waals surface area contributed by atoms with Crippen molar-refractivity contribution < 1.29 is 19.9 Å². The Hall–Kier alpha value is -1.64. The molecule has 2 rings (SSSR count). The second kappa shape index (κ2) is 5.55. The molecule has 1 aliphatic heterocycles. The maximum Gasteiger partial charge on any atom is 0.321 e. The Morgan fingerprint density at radius 2 is 2.16 bits per heavy atom. The van der Waals surface area contributed by atoms with Crippen molar-refractivity contribution in [2.75, 3.05) is 6.54 Å². The lowest BCUT2D eigenvalue weighted by molar-refractivity contribution is -0.387. The van der Waals surface area contributed by atoms with Gasteiger partial charge in [-0.2, -0.15) is 0 Å². The van der Waals surface area contributed by atoms with Crippen molar-refractivity contribution in [3.05, 3.63) is 34.4 Å². The van der Waals surface area contributed by atoms with Gasteiger partial charge in [-0.3, -0.25) is 14.9 Å². The minimum absolute atomic E-state index is 0.0713. The second-order valence-corrected chi connectivity index (χ2v) is 5.25. The first-order valence-electron chi connectivity index (χ1n) is 5.58. The fourth-order valence-corrected chi connectivity index (χ4v) is 3.10. The zero-order valence-corrected chi connectivity index (χ0v) is 10.6. The number of rotatable bonds is 4. The third kappa shape index (κ3) is 3.03. The molecular formula is C11H12N2O5S. The molecule has 0 aromatic heterocycles. The van der Waals surface area contributed by atoms with Gasteiger partial charge in [0.2, 0.25) is 0 Å². The van der Waals surface area contributed by atoms with Crippen molar-refractivity contribution in [1.29, 1.82) is 0 Å². The van der Waals surface area contributed by atoms with Gasteiger partial charge in [0.05, 0.1) is 11.0 Å². The Labute approximate surface area is 113 Å². The van der Waals surface area contributed by atoms with Crippen LogP contribution >= 0.6 is 11.9 Å². The molecule has 102 valence electrons. The van der Waals surface area contributed by atoms with E-state index >= 15 is 0 Å². The molecule has 0 bridgehead atoms. The molecule has 19 heavy (non-hydrogen) atoms. The molecular weight excluding hydrogens is 272 g/mol. The van der Waals surface area contributed by atoms with Crippen molar-refractivity contribution in [1.82, 2.24) is 4.31 Å². The summed E-state index contributed by atoms with van der Waals surface area (Å²) in [5.41, 5.74) is -0.0713. The highest BCUT2D eigenvalue weighted by Crippen LogP contribution is 2.36. The summed E-state index contributed by atoms with van der Waals surface area (Å²) in [7, 11) is 0. The van der Waals surface area contributed by atoms with E-state index in [1.807, 2.05) is 0 Å². The largest absolute Gasteiger partial charge is 0.480 e. The van der Waals surface area contributed by atoms with Crippen LogP contribution in [0.5, 0.6) is 0 Å². The number of aliphatic hydroxyl groups excluding tert-OH is 1. The molecule has 1 saturated heterocycles. The van der Waals surface area contributed by atoms with Crippen LogP contribution in [0.15, 0.2) is 29.2 Å². The van der Waals surface area contributed by atoms with Crippen molar-refractivity contribution in [2.45, 2.75) is 23.5 Å². The predicted octanol–water partition coefficient (Wildman–Crippen LogP) is 1.12. The van der Waals surface area contributed by atoms with Gasteiger partial charge in [0.25, 0.3) is 5.69 Å². The van der Waals surface area contributed by atoms with Crippen LogP contribution in [0.3, 0.4) is 0 Å². The van der Waals surface area contributed by atoms with E-state index in [4.69, 9.17) is 5.11 Å². The van der Waals surface area contributed by atoms with Gasteiger partial charge in [0.1, 0.15) is 10.9 Å². The molecule has 8 heteroatoms. The number of nitro benzene ring substituents is 1. The number of carboxylic acids is 1. The fraction of sp³-hybridized carbons (Fsp3) is 0.364. The summed E-state index contributed by atoms with van der Waals surface area (Å²) < 4.78 is 1.47. The number of para-hydroxylation sites is 1. The number of carboxylic acid groups (broad SMARTS) is 1. The van der Waals surface area contributed by atoms with Gasteiger partial charge in [-0.25, -0.2) is 4.31 Å². The number of nitro groups is 1. The van der Waals surface area contributed by atoms with E-state index in [1.54, 1.807) is 18.2 Å². The van der Waals surface area contributed by atoms with Gasteiger partial charge in [0.15, 0.2) is 0 Å². The van der Waals surface area contributed by atoms with Crippen LogP contribution in [0.4, 0.5) is 5.69 Å². The third-order valence-corrected chi connectivity index (χ3v) is 3.98. The van der Waals surface area contributed by atoms with E-state index in [0.717, 1.165) is 11.9 Å². The standard InChI is InChI=1S/C11H12N2O5S/c14-7-5-9(11(15)16)12(6-7)19-10-4-2-1-3-8(10)13(17)18/h1-4,7,9,14H,5-6H2,(H,15,16). The van der Waals surface area contributed by atoms with E-state index in [0.29, 0.717) is 4.90 Å². The molecule has 1 fully saturated rings. The predicted molar refractivity (Wildman–Crippen MR) is 67.7 cm³/mol. The molecule has 0 saturated carbocycles. The van der Waals surface area contributed by atoms with Crippen LogP contribution in [0, 0.1) is 10.1 Å². The summed E-state index contributed by atoms with van der Waals surface area (Å²) in [5, 5.41) is 29.5. The summed E-state index contributed by atoms with van der Waals surface area (Å²) >= 11 is 0.997. The molecule has 0 spiro atoms. The normalized spacial score (nSPS) is 23.4. The molecule has 7 nitrogen and oxygen atoms in total. The van der Waals surface area contributed by atoms with Crippen LogP contribution in [0.2, 0.25) is 0 Å². The zero-order valence-electron chi connectivity index (χ0n) is 9.80. The molecule has 2 unspecified atom stereocenters. The molecule has 2 atom stereocenters. The Balaban J connectivity index is 2.21. The van der Waals surface area contributed by atoms with Crippen LogP contribution in [0.25, 0.3) is 0 Å². The van der Waals surface area contributed by atoms with E-state index < -0.39 is 23.0 Å². The Morgan fingerprint density at radius 3 is 2.79 bits per heavy atom. The summed E-state index contributed by atoms with van der Waals surface area (Å²) in [6.45, 7) is 0.174. The molecule has 1 heterocycles. The first-order chi connectivity index (χ1) is 8.99. The summed E-state index contributed by atoms with van der Waals surface area (Å²) in [6.07, 6.45) is -0.598. The lowest BCUT2D eigenvalue weighted by Crippen LogP contribution is -2.30. The van der Waals surface area contributed by atoms with Crippen LogP contribution < -0.4 is 0 Å². The first-order valence-corrected chi connectivity index (χ1v) is 6.35. The van der Waals surface area contributed by atoms with Gasteiger partial charge in [0, 0.05) is 19.0 Å². The van der Waals surface area contributed by atoms with Crippen molar-refractivity contribution in [3.63, 3.8) is 0 Å². The van der Waals surface area contributed by atoms with Crippen LogP contribution in [-0.2, 0) is 4.79 Å². The van der Waals surface area contributed by atoms with Crippen molar-refractivity contribution in [2.24, 2.45) is 0 Å². The molecule has 0 radical (unpaired) electrons. The number of hydrogen-bond donors (Lipinski definition) is 2. The van der Waals surface area contributed by atoms with Crippen molar-refractivity contribution >= 4 is 23.6 Å². The third-order valence-electron chi connectivity index (χ3n) is 2.80. The monoisotopic (exact) mass is 284 g/mol. The average molecular weight is 284 g/mol. The number of nitrogens with zero attached hydrogens (tertiary/aromatic N) is 2. The number of aliphatic carboxylic acids is 1. The summed E-state index contributed by atoms with van der Waals surface area (Å²) in [5.74, 6) is -1.04. The maximum absolute atomic E-state index is 11.1. The number of hydrogen-bond acceptors (Lipinski definition) is 6. The molecule has 0 aliphatic carbocycles. The minimum atomic E-state index is -1.04. The van der Waals surface area contributed by atoms with E-state index in [1.165, 1.54) is 10.4 Å². The van der Waals surface area contributed by atoms with E-state index in [2.05, 4.69) is 0 Å². The summed E-state index contributed by atoms with van der Waals surface area (Å²) in [6, 6.07) is 5.30. The van der Waals surface area contributed by atoms with Gasteiger partial charge >= 0.3 is 5.97 Å². The SMILES string of the molecule is O=C(O)C1CC(O)CN1Sc1ccccc1[N+](=O)[O-]. The van der Waals surface area contributed by atoms with Gasteiger partial charge in [-0.15, -0.1) is 0 Å². The number of benzene rings is 1. The van der Waals surface area contributed by atoms with Gasteiger partial charge < -0.3 is 10.2 Å². The van der Waals surface area contributed by atoms with Crippen LogP contribution in [-0.4, -0.2) is 44.1 Å². The number of carbonyl (C=O) groups is 1. The Morgan fingerprint density at radius 1 is 1.47 bits per heavy atom. The highest BCUT2D eigenvalue weighted by molar-refractivity contribution is 7.97. The molecule has 0 amide bonds. The minimum Gasteiger partial charge on any atom is -0.480 e. The lowest BCUT2D eigenvalue weighted by Gasteiger charge is -2.18. The Bertz CT molecular complexity index is 510. The average Bonchev–Trinajstić information content (AvgIpc) is 2.71. The highest BCUT2D eigenvalue weighted by Gasteiger charge is 2.37. The fourth-order valence-electron chi connectivity index (χ4n) is 1.92. The second-order valence-electron chi connectivity index (χ2n) is 4.16. The number of β-amino-alcohol motifs (C(OH)–C–C–N with tert-alkyl or cyclic N) is 1. The maximum atomic E-state index is 11.1. The highest BCUT2D eigenvalue weighted by atomic mass is 32.2. The Kier molecular flexibility index (Phi) is 4.03. The topological polar surface area (TPSA) is 104 Å².